The van der Waals surface area contributed by atoms with Crippen LogP contribution in [0.2, 0.25) is 5.02 Å². The van der Waals surface area contributed by atoms with Crippen LogP contribution in [0.5, 0.6) is 11.5 Å². The largest absolute Gasteiger partial charge is 0.493 e. The average molecular weight is 538 g/mol. The summed E-state index contributed by atoms with van der Waals surface area (Å²) in [6.45, 7) is 1.54. The molecule has 0 atom stereocenters. The predicted molar refractivity (Wildman–Crippen MR) is 139 cm³/mol. The number of aryl methyl sites for hydroxylation is 1. The van der Waals surface area contributed by atoms with E-state index < -0.39 is 29.6 Å². The van der Waals surface area contributed by atoms with Crippen molar-refractivity contribution < 1.29 is 33.0 Å². The molecular weight excluding hydrogens is 517 g/mol. The number of nitrogens with zero attached hydrogens (tertiary/aromatic N) is 1. The molecule has 1 fully saturated rings. The lowest BCUT2D eigenvalue weighted by atomic mass is 10.1. The smallest absolute Gasteiger partial charge is 0.335 e. The van der Waals surface area contributed by atoms with E-state index in [0.29, 0.717) is 5.69 Å². The molecule has 0 bridgehead atoms. The second-order valence-electron chi connectivity index (χ2n) is 8.17. The number of anilines is 2. The van der Waals surface area contributed by atoms with Crippen LogP contribution in [-0.2, 0) is 14.4 Å². The zero-order chi connectivity index (χ0) is 27.4. The summed E-state index contributed by atoms with van der Waals surface area (Å²) in [7, 11) is 1.36. The third kappa shape index (κ3) is 5.81. The van der Waals surface area contributed by atoms with Gasteiger partial charge in [0.05, 0.1) is 17.8 Å². The third-order valence-electron chi connectivity index (χ3n) is 5.40. The van der Waals surface area contributed by atoms with E-state index in [4.69, 9.17) is 21.1 Å². The van der Waals surface area contributed by atoms with Crippen molar-refractivity contribution >= 4 is 52.8 Å². The Morgan fingerprint density at radius 3 is 2.53 bits per heavy atom. The van der Waals surface area contributed by atoms with Gasteiger partial charge in [-0.15, -0.1) is 0 Å². The first kappa shape index (κ1) is 26.4. The van der Waals surface area contributed by atoms with Gasteiger partial charge in [-0.3, -0.25) is 19.7 Å². The van der Waals surface area contributed by atoms with Crippen molar-refractivity contribution in [2.24, 2.45) is 0 Å². The number of carbonyl (C=O) groups is 4. The number of amides is 5. The van der Waals surface area contributed by atoms with E-state index in [1.54, 1.807) is 12.1 Å². The maximum atomic E-state index is 13.3. The first-order valence-electron chi connectivity index (χ1n) is 11.2. The number of urea groups is 1. The molecule has 0 unspecified atom stereocenters. The molecule has 2 N–H and O–H groups in total. The molecule has 38 heavy (non-hydrogen) atoms. The van der Waals surface area contributed by atoms with Crippen LogP contribution in [0.3, 0.4) is 0 Å². The Kier molecular flexibility index (Phi) is 7.73. The molecule has 0 spiro atoms. The van der Waals surface area contributed by atoms with Crippen molar-refractivity contribution in [2.45, 2.75) is 6.92 Å². The summed E-state index contributed by atoms with van der Waals surface area (Å²) in [6, 6.07) is 13.8. The molecule has 3 aromatic rings. The predicted octanol–water partition coefficient (Wildman–Crippen LogP) is 4.48. The topological polar surface area (TPSA) is 114 Å². The number of hydrogen-bond acceptors (Lipinski definition) is 6. The van der Waals surface area contributed by atoms with Crippen LogP contribution in [0.25, 0.3) is 6.08 Å². The van der Waals surface area contributed by atoms with E-state index in [1.165, 1.54) is 37.5 Å². The molecule has 5 amide bonds. The Hall–Kier alpha value is -4.70. The van der Waals surface area contributed by atoms with Crippen molar-refractivity contribution in [3.8, 4) is 11.5 Å². The van der Waals surface area contributed by atoms with Crippen LogP contribution in [0.15, 0.2) is 66.2 Å². The monoisotopic (exact) mass is 537 g/mol. The number of nitrogens with one attached hydrogen (secondary N) is 2. The van der Waals surface area contributed by atoms with Crippen molar-refractivity contribution in [3.63, 3.8) is 0 Å². The number of hydrogen-bond donors (Lipinski definition) is 2. The van der Waals surface area contributed by atoms with Crippen molar-refractivity contribution in [2.75, 3.05) is 23.9 Å². The van der Waals surface area contributed by atoms with E-state index in [-0.39, 0.29) is 40.0 Å². The molecule has 0 aliphatic carbocycles. The Morgan fingerprint density at radius 2 is 1.84 bits per heavy atom. The minimum absolute atomic E-state index is 0.0506. The Labute approximate surface area is 221 Å². The van der Waals surface area contributed by atoms with E-state index in [9.17, 15) is 23.6 Å². The minimum Gasteiger partial charge on any atom is -0.493 e. The maximum Gasteiger partial charge on any atom is 0.335 e. The number of rotatable bonds is 7. The van der Waals surface area contributed by atoms with Crippen LogP contribution in [0.1, 0.15) is 11.1 Å². The highest BCUT2D eigenvalue weighted by Gasteiger charge is 2.37. The van der Waals surface area contributed by atoms with Gasteiger partial charge in [0.1, 0.15) is 11.4 Å². The Balaban J connectivity index is 1.55. The molecule has 11 heteroatoms. The number of imide groups is 2. The molecule has 4 rings (SSSR count). The van der Waals surface area contributed by atoms with E-state index in [0.717, 1.165) is 22.6 Å². The van der Waals surface area contributed by atoms with Gasteiger partial charge in [-0.25, -0.2) is 14.1 Å². The quantitative estimate of drug-likeness (QED) is 0.339. The van der Waals surface area contributed by atoms with Crippen LogP contribution < -0.4 is 25.0 Å². The van der Waals surface area contributed by atoms with Gasteiger partial charge >= 0.3 is 6.03 Å². The Morgan fingerprint density at radius 1 is 1.11 bits per heavy atom. The highest BCUT2D eigenvalue weighted by molar-refractivity contribution is 6.39. The first-order valence-corrected chi connectivity index (χ1v) is 11.6. The van der Waals surface area contributed by atoms with E-state index >= 15 is 0 Å². The molecule has 0 radical (unpaired) electrons. The van der Waals surface area contributed by atoms with Crippen LogP contribution in [0.4, 0.5) is 20.6 Å². The first-order chi connectivity index (χ1) is 18.2. The second-order valence-corrected chi connectivity index (χ2v) is 8.58. The van der Waals surface area contributed by atoms with Gasteiger partial charge in [0, 0.05) is 5.69 Å². The highest BCUT2D eigenvalue weighted by Crippen LogP contribution is 2.37. The summed E-state index contributed by atoms with van der Waals surface area (Å²) in [6.07, 6.45) is 1.23. The minimum atomic E-state index is -0.966. The lowest BCUT2D eigenvalue weighted by molar-refractivity contribution is -0.122. The lowest BCUT2D eigenvalue weighted by Crippen LogP contribution is -2.54. The molecule has 0 saturated carbocycles. The van der Waals surface area contributed by atoms with E-state index in [2.05, 4.69) is 10.6 Å². The average Bonchev–Trinajstić information content (AvgIpc) is 2.86. The summed E-state index contributed by atoms with van der Waals surface area (Å²) < 4.78 is 24.2. The van der Waals surface area contributed by atoms with Gasteiger partial charge < -0.3 is 14.8 Å². The lowest BCUT2D eigenvalue weighted by Gasteiger charge is -2.26. The molecule has 1 heterocycles. The fourth-order valence-corrected chi connectivity index (χ4v) is 3.94. The van der Waals surface area contributed by atoms with Crippen molar-refractivity contribution in [1.82, 2.24) is 5.32 Å². The number of methoxy groups -OCH3 is 1. The number of ether oxygens (including phenoxy) is 2. The van der Waals surface area contributed by atoms with Crippen molar-refractivity contribution in [1.29, 1.82) is 0 Å². The van der Waals surface area contributed by atoms with Crippen LogP contribution in [0, 0.1) is 12.7 Å². The molecule has 1 saturated heterocycles. The number of carbonyl (C=O) groups excluding carboxylic acids is 4. The fraction of sp³-hybridized carbons (Fsp3) is 0.111. The second kappa shape index (κ2) is 11.1. The molecule has 3 aromatic carbocycles. The molecule has 194 valence electrons. The molecule has 1 aliphatic rings. The van der Waals surface area contributed by atoms with Crippen LogP contribution in [-0.4, -0.2) is 37.5 Å². The number of benzene rings is 3. The van der Waals surface area contributed by atoms with Gasteiger partial charge in [0.15, 0.2) is 18.1 Å². The molecule has 0 aromatic heterocycles. The van der Waals surface area contributed by atoms with Gasteiger partial charge in [-0.1, -0.05) is 23.7 Å². The van der Waals surface area contributed by atoms with Gasteiger partial charge in [-0.2, -0.15) is 0 Å². The zero-order valence-corrected chi connectivity index (χ0v) is 21.0. The highest BCUT2D eigenvalue weighted by atomic mass is 35.5. The van der Waals surface area contributed by atoms with Gasteiger partial charge in [-0.05, 0) is 72.7 Å². The Bertz CT molecular complexity index is 1470. The third-order valence-corrected chi connectivity index (χ3v) is 5.68. The summed E-state index contributed by atoms with van der Waals surface area (Å²) in [5, 5.41) is 4.85. The summed E-state index contributed by atoms with van der Waals surface area (Å²) in [5.74, 6) is -2.58. The standard InChI is InChI=1S/C27H21ClFN3O6/c1-15-4-3-5-18(10-15)30-23(33)14-38-24-21(28)12-16(13-22(24)37-2)11-20-25(34)31-27(36)32(26(20)35)19-8-6-17(29)7-9-19/h3-13H,14H2,1-2H3,(H,30,33)(H,31,34,36)/b20-11+. The fourth-order valence-electron chi connectivity index (χ4n) is 3.67. The number of barbiturate groups is 1. The normalized spacial score (nSPS) is 14.4. The summed E-state index contributed by atoms with van der Waals surface area (Å²) in [5.41, 5.74) is 1.60. The van der Waals surface area contributed by atoms with Gasteiger partial charge in [0.2, 0.25) is 0 Å². The molecule has 9 nitrogen and oxygen atoms in total. The van der Waals surface area contributed by atoms with Crippen molar-refractivity contribution in [3.05, 3.63) is 88.2 Å². The SMILES string of the molecule is COc1cc(/C=C2\C(=O)NC(=O)N(c3ccc(F)cc3)C2=O)cc(Cl)c1OCC(=O)Nc1cccc(C)c1. The molecule has 1 aliphatic heterocycles. The van der Waals surface area contributed by atoms with E-state index in [1.807, 2.05) is 19.1 Å². The van der Waals surface area contributed by atoms with Gasteiger partial charge in [0.25, 0.3) is 17.7 Å². The number of halogens is 2. The summed E-state index contributed by atoms with van der Waals surface area (Å²) >= 11 is 6.38. The summed E-state index contributed by atoms with van der Waals surface area (Å²) in [4.78, 5) is 50.9. The van der Waals surface area contributed by atoms with Crippen LogP contribution >= 0.6 is 11.6 Å². The molecular formula is C27H21ClFN3O6. The zero-order valence-electron chi connectivity index (χ0n) is 20.2. The maximum absolute atomic E-state index is 13.3.